The number of carbonyl (C=O) groups excluding carboxylic acids is 1. The number of aryl methyl sites for hydroxylation is 1. The SMILES string of the molecule is CC1=C(C#N)C(c2cc3c(c(I)c2F)CN=C3NC(=O)c2cn(C)nc2C(F)(F)F)C(C#N)=C(C)N1C. The molecule has 2 aromatic rings. The highest BCUT2D eigenvalue weighted by molar-refractivity contribution is 14.1. The monoisotopic (exact) mass is 623 g/mol. The summed E-state index contributed by atoms with van der Waals surface area (Å²) in [7, 11) is 2.96. The normalized spacial score (nSPS) is 16.0. The summed E-state index contributed by atoms with van der Waals surface area (Å²) in [5, 5.41) is 25.5. The van der Waals surface area contributed by atoms with Gasteiger partial charge in [0, 0.05) is 48.4 Å². The van der Waals surface area contributed by atoms with Crippen LogP contribution in [0.3, 0.4) is 0 Å². The van der Waals surface area contributed by atoms with Gasteiger partial charge >= 0.3 is 6.18 Å². The molecule has 4 rings (SSSR count). The number of alkyl halides is 3. The number of halogens is 5. The Morgan fingerprint density at radius 2 is 1.78 bits per heavy atom. The van der Waals surface area contributed by atoms with Crippen LogP contribution in [-0.4, -0.2) is 33.5 Å². The number of hydrogen-bond acceptors (Lipinski definition) is 6. The van der Waals surface area contributed by atoms with Crippen molar-refractivity contribution in [2.75, 3.05) is 7.05 Å². The van der Waals surface area contributed by atoms with Crippen LogP contribution >= 0.6 is 22.6 Å². The van der Waals surface area contributed by atoms with Crippen LogP contribution in [0.25, 0.3) is 0 Å². The van der Waals surface area contributed by atoms with Crippen molar-refractivity contribution < 1.29 is 22.4 Å². The second-order valence-electron chi connectivity index (χ2n) is 8.52. The number of benzene rings is 1. The quantitative estimate of drug-likeness (QED) is 0.392. The molecule has 0 bridgehead atoms. The Labute approximate surface area is 222 Å². The van der Waals surface area contributed by atoms with Gasteiger partial charge in [-0.05, 0) is 42.5 Å². The lowest BCUT2D eigenvalue weighted by atomic mass is 9.80. The number of aliphatic imine (C=N–C) groups is 1. The molecule has 1 aromatic carbocycles. The van der Waals surface area contributed by atoms with Gasteiger partial charge in [-0.25, -0.2) is 4.39 Å². The van der Waals surface area contributed by atoms with Crippen LogP contribution in [0.4, 0.5) is 17.6 Å². The lowest BCUT2D eigenvalue weighted by Gasteiger charge is -2.33. The van der Waals surface area contributed by atoms with Crippen LogP contribution in [0.5, 0.6) is 0 Å². The topological polar surface area (TPSA) is 110 Å². The third kappa shape index (κ3) is 4.27. The molecule has 3 heterocycles. The number of fused-ring (bicyclic) bond motifs is 1. The van der Waals surface area contributed by atoms with Crippen molar-refractivity contribution >= 4 is 34.3 Å². The molecule has 0 unspecified atom stereocenters. The number of amides is 1. The van der Waals surface area contributed by atoms with E-state index in [-0.39, 0.29) is 32.7 Å². The molecule has 1 amide bonds. The van der Waals surface area contributed by atoms with Crippen LogP contribution in [0, 0.1) is 32.0 Å². The van der Waals surface area contributed by atoms with Crippen molar-refractivity contribution in [3.63, 3.8) is 0 Å². The van der Waals surface area contributed by atoms with Crippen molar-refractivity contribution in [2.45, 2.75) is 32.5 Å². The number of amidine groups is 1. The lowest BCUT2D eigenvalue weighted by molar-refractivity contribution is -0.141. The van der Waals surface area contributed by atoms with Gasteiger partial charge in [0.2, 0.25) is 0 Å². The number of aromatic nitrogens is 2. The fraction of sp³-hybridized carbons (Fsp3) is 0.292. The second-order valence-corrected chi connectivity index (χ2v) is 9.59. The standard InChI is InChI=1S/C24H18F4IN7O/c1-10-14(6-30)18(15(7-31)11(2)36(10)4)13-5-12-16(20(29)19(13)25)8-32-22(12)33-23(37)17-9-35(3)34-21(17)24(26,27)28/h5,9,18H,8H2,1-4H3,(H,32,33,37). The molecule has 8 nitrogen and oxygen atoms in total. The number of carbonyl (C=O) groups is 1. The average Bonchev–Trinajstić information content (AvgIpc) is 3.43. The first-order valence-electron chi connectivity index (χ1n) is 10.7. The van der Waals surface area contributed by atoms with E-state index in [0.29, 0.717) is 22.5 Å². The molecule has 0 aliphatic carbocycles. The Morgan fingerprint density at radius 3 is 2.32 bits per heavy atom. The molecule has 0 saturated carbocycles. The van der Waals surface area contributed by atoms with Gasteiger partial charge in [-0.2, -0.15) is 28.8 Å². The predicted molar refractivity (Wildman–Crippen MR) is 132 cm³/mol. The van der Waals surface area contributed by atoms with E-state index in [4.69, 9.17) is 0 Å². The molecule has 0 spiro atoms. The van der Waals surface area contributed by atoms with Gasteiger partial charge in [0.1, 0.15) is 11.7 Å². The van der Waals surface area contributed by atoms with E-state index in [1.807, 2.05) is 0 Å². The maximum absolute atomic E-state index is 15.7. The molecule has 2 aliphatic heterocycles. The number of allylic oxidation sites excluding steroid dienone is 4. The van der Waals surface area contributed by atoms with Gasteiger partial charge in [-0.3, -0.25) is 14.5 Å². The zero-order valence-corrected chi connectivity index (χ0v) is 22.1. The van der Waals surface area contributed by atoms with Gasteiger partial charge in [-0.15, -0.1) is 0 Å². The van der Waals surface area contributed by atoms with Crippen LogP contribution < -0.4 is 5.32 Å². The summed E-state index contributed by atoms with van der Waals surface area (Å²) >= 11 is 1.79. The summed E-state index contributed by atoms with van der Waals surface area (Å²) in [4.78, 5) is 18.7. The van der Waals surface area contributed by atoms with E-state index in [9.17, 15) is 28.5 Å². The molecular formula is C24H18F4IN7O. The van der Waals surface area contributed by atoms with Crippen molar-refractivity contribution in [3.05, 3.63) is 72.1 Å². The minimum Gasteiger partial charge on any atom is -0.350 e. The predicted octanol–water partition coefficient (Wildman–Crippen LogP) is 4.50. The Bertz CT molecular complexity index is 1500. The maximum Gasteiger partial charge on any atom is 0.435 e. The van der Waals surface area contributed by atoms with Gasteiger partial charge in [-0.1, -0.05) is 0 Å². The highest BCUT2D eigenvalue weighted by atomic mass is 127. The molecule has 0 fully saturated rings. The summed E-state index contributed by atoms with van der Waals surface area (Å²) in [6.45, 7) is 3.38. The van der Waals surface area contributed by atoms with Crippen LogP contribution in [0.2, 0.25) is 0 Å². The fourth-order valence-corrected chi connectivity index (χ4v) is 5.20. The summed E-state index contributed by atoms with van der Waals surface area (Å²) in [5.74, 6) is -2.75. The van der Waals surface area contributed by atoms with Crippen LogP contribution in [0.15, 0.2) is 39.8 Å². The third-order valence-corrected chi connectivity index (χ3v) is 7.60. The molecule has 37 heavy (non-hydrogen) atoms. The summed E-state index contributed by atoms with van der Waals surface area (Å²) in [5.41, 5.74) is 0.217. The van der Waals surface area contributed by atoms with E-state index < -0.39 is 35.1 Å². The first-order valence-corrected chi connectivity index (χ1v) is 11.8. The number of nitrogens with zero attached hydrogens (tertiary/aromatic N) is 6. The van der Waals surface area contributed by atoms with Crippen LogP contribution in [-0.2, 0) is 19.8 Å². The van der Waals surface area contributed by atoms with Crippen LogP contribution in [0.1, 0.15) is 52.5 Å². The largest absolute Gasteiger partial charge is 0.435 e. The first kappa shape index (κ1) is 26.3. The average molecular weight is 623 g/mol. The minimum atomic E-state index is -4.85. The smallest absolute Gasteiger partial charge is 0.350 e. The second kappa shape index (κ2) is 9.30. The van der Waals surface area contributed by atoms with Gasteiger partial charge in [0.15, 0.2) is 5.69 Å². The molecule has 190 valence electrons. The highest BCUT2D eigenvalue weighted by Gasteiger charge is 2.40. The summed E-state index contributed by atoms with van der Waals surface area (Å²) < 4.78 is 56.9. The highest BCUT2D eigenvalue weighted by Crippen LogP contribution is 2.43. The van der Waals surface area contributed by atoms with Gasteiger partial charge in [0.25, 0.3) is 5.91 Å². The first-order chi connectivity index (χ1) is 17.3. The lowest BCUT2D eigenvalue weighted by Crippen LogP contribution is -2.32. The van der Waals surface area contributed by atoms with E-state index in [0.717, 1.165) is 10.9 Å². The fourth-order valence-electron chi connectivity index (χ4n) is 4.43. The zero-order chi connectivity index (χ0) is 27.4. The summed E-state index contributed by atoms with van der Waals surface area (Å²) in [6.07, 6.45) is -3.90. The number of nitrogens with one attached hydrogen (secondary N) is 1. The van der Waals surface area contributed by atoms with E-state index in [1.54, 1.807) is 48.4 Å². The van der Waals surface area contributed by atoms with Crippen molar-refractivity contribution in [1.82, 2.24) is 20.0 Å². The Kier molecular flexibility index (Phi) is 6.62. The van der Waals surface area contributed by atoms with Crippen molar-refractivity contribution in [1.29, 1.82) is 10.5 Å². The Balaban J connectivity index is 1.81. The van der Waals surface area contributed by atoms with Crippen molar-refractivity contribution in [3.8, 4) is 12.1 Å². The number of nitriles is 2. The van der Waals surface area contributed by atoms with Gasteiger partial charge < -0.3 is 10.2 Å². The molecule has 13 heteroatoms. The molecule has 2 aliphatic rings. The molecule has 0 saturated heterocycles. The molecule has 0 atom stereocenters. The molecule has 1 aromatic heterocycles. The van der Waals surface area contributed by atoms with E-state index >= 15 is 4.39 Å². The molecule has 1 N–H and O–H groups in total. The number of hydrogen-bond donors (Lipinski definition) is 1. The summed E-state index contributed by atoms with van der Waals surface area (Å²) in [6, 6.07) is 5.58. The van der Waals surface area contributed by atoms with Crippen molar-refractivity contribution in [2.24, 2.45) is 12.0 Å². The zero-order valence-electron chi connectivity index (χ0n) is 19.9. The van der Waals surface area contributed by atoms with Gasteiger partial charge in [0.05, 0.1) is 44.9 Å². The molecular weight excluding hydrogens is 605 g/mol. The number of rotatable bonds is 2. The Hall–Kier alpha value is -3.72. The third-order valence-electron chi connectivity index (χ3n) is 6.48. The van der Waals surface area contributed by atoms with E-state index in [1.165, 1.54) is 13.1 Å². The minimum absolute atomic E-state index is 0.00700. The maximum atomic E-state index is 15.7. The Morgan fingerprint density at radius 1 is 1.19 bits per heavy atom. The van der Waals surface area contributed by atoms with E-state index in [2.05, 4.69) is 27.5 Å². The molecule has 0 radical (unpaired) electrons.